The highest BCUT2D eigenvalue weighted by Crippen LogP contribution is 2.89. The average Bonchev–Trinajstić information content (AvgIpc) is 3.72. The fourth-order valence-electron chi connectivity index (χ4n) is 14.1. The summed E-state index contributed by atoms with van der Waals surface area (Å²) in [6.07, 6.45) is -7.73. The average molecular weight is 787 g/mol. The standard InChI is InChI=1S/C41H70O14/c1-19(20(43)14-26(45)37(4,5)51)28-22(53-35-33(50)31(48)30(47)23(16-42)54-35)15-39(7)25-9-8-24-36(2,3)27(55-34-32(49)29(46)21(44)17-52-34)10-11-40(24)18-41(25,40)13-12-38(28,39)6/h19-35,42-51H,8-18H2,1-7H3/t19-,20-,21-,22+,23-,24+,25+,26+,27+,28+,29+,30-,31+,32-,33-,34+,35-,38-,39+,40-,41+/m1/s1. The van der Waals surface area contributed by atoms with Crippen molar-refractivity contribution in [2.75, 3.05) is 13.2 Å². The van der Waals surface area contributed by atoms with Gasteiger partial charge in [-0.3, -0.25) is 0 Å². The highest BCUT2D eigenvalue weighted by Gasteiger charge is 2.83. The van der Waals surface area contributed by atoms with Gasteiger partial charge >= 0.3 is 0 Å². The summed E-state index contributed by atoms with van der Waals surface area (Å²) in [5.41, 5.74) is -2.13. The molecule has 2 saturated heterocycles. The van der Waals surface area contributed by atoms with E-state index < -0.39 is 91.7 Å². The molecule has 0 aromatic heterocycles. The first kappa shape index (κ1) is 42.6. The Hall–Kier alpha value is -0.560. The Labute approximate surface area is 325 Å². The first-order valence-electron chi connectivity index (χ1n) is 20.9. The monoisotopic (exact) mass is 786 g/mol. The van der Waals surface area contributed by atoms with Crippen LogP contribution in [0.2, 0.25) is 0 Å². The Bertz CT molecular complexity index is 1390. The molecule has 7 rings (SSSR count). The number of ether oxygens (including phenoxy) is 4. The molecule has 7 aliphatic rings. The summed E-state index contributed by atoms with van der Waals surface area (Å²) < 4.78 is 24.7. The van der Waals surface area contributed by atoms with Crippen LogP contribution in [-0.4, -0.2) is 150 Å². The molecule has 0 aromatic rings. The normalized spacial score (nSPS) is 53.6. The second-order valence-corrected chi connectivity index (χ2v) is 20.7. The Kier molecular flexibility index (Phi) is 11.1. The van der Waals surface area contributed by atoms with Crippen molar-refractivity contribution in [3.05, 3.63) is 0 Å². The highest BCUT2D eigenvalue weighted by atomic mass is 16.7. The predicted molar refractivity (Wildman–Crippen MR) is 196 cm³/mol. The molecule has 5 aliphatic carbocycles. The van der Waals surface area contributed by atoms with Crippen LogP contribution < -0.4 is 0 Å². The lowest BCUT2D eigenvalue weighted by molar-refractivity contribution is -0.316. The van der Waals surface area contributed by atoms with Gasteiger partial charge in [0.15, 0.2) is 12.6 Å². The number of aliphatic hydroxyl groups excluding tert-OH is 9. The molecule has 0 radical (unpaired) electrons. The van der Waals surface area contributed by atoms with Gasteiger partial charge in [0.1, 0.15) is 42.7 Å². The molecule has 2 spiro atoms. The van der Waals surface area contributed by atoms with Crippen LogP contribution in [0, 0.1) is 50.7 Å². The number of hydrogen-bond donors (Lipinski definition) is 10. The van der Waals surface area contributed by atoms with Crippen molar-refractivity contribution < 1.29 is 70.0 Å². The predicted octanol–water partition coefficient (Wildman–Crippen LogP) is 0.564. The molecule has 2 aliphatic heterocycles. The lowest BCUT2D eigenvalue weighted by Crippen LogP contribution is -2.60. The van der Waals surface area contributed by atoms with Gasteiger partial charge < -0.3 is 70.0 Å². The first-order chi connectivity index (χ1) is 25.5. The maximum absolute atomic E-state index is 11.7. The van der Waals surface area contributed by atoms with E-state index in [1.807, 2.05) is 6.92 Å². The minimum absolute atomic E-state index is 0.0420. The summed E-state index contributed by atoms with van der Waals surface area (Å²) in [5.74, 6) is -0.00182. The Morgan fingerprint density at radius 3 is 2.05 bits per heavy atom. The fraction of sp³-hybridized carbons (Fsp3) is 1.00. The summed E-state index contributed by atoms with van der Waals surface area (Å²) in [6, 6.07) is 0. The van der Waals surface area contributed by atoms with Crippen LogP contribution in [0.4, 0.5) is 0 Å². The second-order valence-electron chi connectivity index (χ2n) is 20.7. The largest absolute Gasteiger partial charge is 0.394 e. The smallest absolute Gasteiger partial charge is 0.186 e. The van der Waals surface area contributed by atoms with E-state index in [9.17, 15) is 51.1 Å². The summed E-state index contributed by atoms with van der Waals surface area (Å²) in [7, 11) is 0. The topological polar surface area (TPSA) is 239 Å². The van der Waals surface area contributed by atoms with Gasteiger partial charge in [0.2, 0.25) is 0 Å². The zero-order chi connectivity index (χ0) is 40.4. The van der Waals surface area contributed by atoms with Crippen LogP contribution in [0.5, 0.6) is 0 Å². The number of fused-ring (bicyclic) bond motifs is 2. The van der Waals surface area contributed by atoms with Crippen LogP contribution >= 0.6 is 0 Å². The van der Waals surface area contributed by atoms with Gasteiger partial charge in [-0.25, -0.2) is 0 Å². The molecule has 0 unspecified atom stereocenters. The summed E-state index contributed by atoms with van der Waals surface area (Å²) >= 11 is 0. The van der Waals surface area contributed by atoms with E-state index in [0.29, 0.717) is 18.3 Å². The quantitative estimate of drug-likeness (QED) is 0.136. The van der Waals surface area contributed by atoms with Crippen LogP contribution in [0.15, 0.2) is 0 Å². The van der Waals surface area contributed by atoms with E-state index in [0.717, 1.165) is 44.9 Å². The maximum atomic E-state index is 11.7. The van der Waals surface area contributed by atoms with Crippen molar-refractivity contribution in [3.8, 4) is 0 Å². The molecule has 0 aromatic carbocycles. The number of rotatable bonds is 10. The van der Waals surface area contributed by atoms with E-state index in [-0.39, 0.29) is 52.1 Å². The second kappa shape index (κ2) is 14.3. The molecule has 10 N–H and O–H groups in total. The lowest BCUT2D eigenvalue weighted by atomic mass is 9.41. The van der Waals surface area contributed by atoms with Gasteiger partial charge in [0, 0.05) is 6.42 Å². The van der Waals surface area contributed by atoms with E-state index in [1.165, 1.54) is 13.8 Å². The zero-order valence-electron chi connectivity index (χ0n) is 33.7. The minimum atomic E-state index is -1.59. The van der Waals surface area contributed by atoms with Gasteiger partial charge in [0.25, 0.3) is 0 Å². The lowest BCUT2D eigenvalue weighted by Gasteiger charge is -2.63. The van der Waals surface area contributed by atoms with Crippen molar-refractivity contribution >= 4 is 0 Å². The van der Waals surface area contributed by atoms with E-state index in [2.05, 4.69) is 27.7 Å². The molecule has 14 heteroatoms. The van der Waals surface area contributed by atoms with Gasteiger partial charge in [-0.1, -0.05) is 34.6 Å². The van der Waals surface area contributed by atoms with E-state index in [4.69, 9.17) is 18.9 Å². The summed E-state index contributed by atoms with van der Waals surface area (Å²) in [4.78, 5) is 0. The molecule has 55 heavy (non-hydrogen) atoms. The maximum Gasteiger partial charge on any atom is 0.186 e. The molecule has 0 bridgehead atoms. The Balaban J connectivity index is 1.17. The van der Waals surface area contributed by atoms with Crippen molar-refractivity contribution in [3.63, 3.8) is 0 Å². The van der Waals surface area contributed by atoms with Gasteiger partial charge in [0.05, 0.1) is 43.2 Å². The van der Waals surface area contributed by atoms with Crippen molar-refractivity contribution in [1.29, 1.82) is 0 Å². The van der Waals surface area contributed by atoms with Crippen LogP contribution in [-0.2, 0) is 18.9 Å². The molecule has 318 valence electrons. The third-order valence-electron chi connectivity index (χ3n) is 17.4. The third kappa shape index (κ3) is 6.33. The van der Waals surface area contributed by atoms with E-state index >= 15 is 0 Å². The highest BCUT2D eigenvalue weighted by molar-refractivity contribution is 5.31. The van der Waals surface area contributed by atoms with Crippen molar-refractivity contribution in [2.24, 2.45) is 50.7 Å². The molecule has 14 nitrogen and oxygen atoms in total. The van der Waals surface area contributed by atoms with Crippen molar-refractivity contribution in [2.45, 2.75) is 192 Å². The molecule has 5 saturated carbocycles. The summed E-state index contributed by atoms with van der Waals surface area (Å²) in [6.45, 7) is 13.5. The molecular weight excluding hydrogens is 716 g/mol. The van der Waals surface area contributed by atoms with Crippen molar-refractivity contribution in [1.82, 2.24) is 0 Å². The first-order valence-corrected chi connectivity index (χ1v) is 20.9. The molecular formula is C41H70O14. The van der Waals surface area contributed by atoms with Crippen LogP contribution in [0.3, 0.4) is 0 Å². The molecule has 0 amide bonds. The van der Waals surface area contributed by atoms with Gasteiger partial charge in [-0.2, -0.15) is 0 Å². The fourth-order valence-corrected chi connectivity index (χ4v) is 14.1. The van der Waals surface area contributed by atoms with E-state index in [1.54, 1.807) is 0 Å². The van der Waals surface area contributed by atoms with Gasteiger partial charge in [-0.05, 0) is 116 Å². The number of hydrogen-bond acceptors (Lipinski definition) is 14. The van der Waals surface area contributed by atoms with Crippen LogP contribution in [0.25, 0.3) is 0 Å². The molecule has 7 fully saturated rings. The minimum Gasteiger partial charge on any atom is -0.394 e. The Morgan fingerprint density at radius 2 is 1.40 bits per heavy atom. The van der Waals surface area contributed by atoms with Crippen LogP contribution in [0.1, 0.15) is 106 Å². The van der Waals surface area contributed by atoms with Gasteiger partial charge in [-0.15, -0.1) is 0 Å². The number of aliphatic hydroxyl groups is 10. The molecule has 2 heterocycles. The SMILES string of the molecule is C[C@@H]([C@H]1[C@@H](O[C@@H]2O[C@H](CO)[C@@H](O)[C@H](O)[C@H]2O)C[C@@]2(C)[C@@H]3CC[C@H]4C(C)(C)[C@@H](O[C@@H]5OC[C@@H](O)[C@H](O)[C@H]5O)CC[C@@]45C[C@@]35CC[C@]12C)[C@H](O)C[C@H](O)C(C)(C)O. The zero-order valence-corrected chi connectivity index (χ0v) is 33.7. The Morgan fingerprint density at radius 1 is 0.764 bits per heavy atom. The third-order valence-corrected chi connectivity index (χ3v) is 17.4. The molecule has 21 atom stereocenters. The summed E-state index contributed by atoms with van der Waals surface area (Å²) in [5, 5.41) is 106.